The Bertz CT molecular complexity index is 681. The number of anilines is 2. The number of rotatable bonds is 3. The first-order chi connectivity index (χ1) is 12.7. The Morgan fingerprint density at radius 3 is 1.93 bits per heavy atom. The lowest BCUT2D eigenvalue weighted by atomic mass is 9.60. The van der Waals surface area contributed by atoms with Crippen molar-refractivity contribution < 1.29 is 4.79 Å². The fourth-order valence-corrected chi connectivity index (χ4v) is 6.05. The number of benzene rings is 1. The fourth-order valence-electron chi connectivity index (χ4n) is 6.05. The van der Waals surface area contributed by atoms with Crippen LogP contribution in [0.5, 0.6) is 0 Å². The van der Waals surface area contributed by atoms with Gasteiger partial charge in [-0.15, -0.1) is 0 Å². The molecule has 2 unspecified atom stereocenters. The Kier molecular flexibility index (Phi) is 4.76. The average molecular weight is 369 g/mol. The topological polar surface area (TPSA) is 32.3 Å². The molecule has 2 bridgehead atoms. The van der Waals surface area contributed by atoms with Gasteiger partial charge in [0.25, 0.3) is 0 Å². The molecule has 0 radical (unpaired) electrons. The Morgan fingerprint density at radius 1 is 1.00 bits per heavy atom. The molecule has 1 aliphatic heterocycles. The van der Waals surface area contributed by atoms with Crippen LogP contribution in [0.25, 0.3) is 0 Å². The number of nitrogens with zero attached hydrogens (tertiary/aromatic N) is 1. The molecule has 1 aromatic rings. The van der Waals surface area contributed by atoms with Gasteiger partial charge in [0.05, 0.1) is 0 Å². The van der Waals surface area contributed by atoms with Gasteiger partial charge in [-0.05, 0) is 91.9 Å². The van der Waals surface area contributed by atoms with E-state index >= 15 is 0 Å². The van der Waals surface area contributed by atoms with Crippen molar-refractivity contribution in [1.29, 1.82) is 0 Å². The maximum atomic E-state index is 12.4. The van der Waals surface area contributed by atoms with Crippen LogP contribution in [0.15, 0.2) is 12.1 Å². The van der Waals surface area contributed by atoms with Crippen LogP contribution in [-0.2, 0) is 4.79 Å². The van der Waals surface area contributed by atoms with Crippen LogP contribution in [0.2, 0.25) is 0 Å². The zero-order valence-electron chi connectivity index (χ0n) is 17.8. The van der Waals surface area contributed by atoms with E-state index in [9.17, 15) is 4.79 Å². The molecule has 4 aliphatic rings. The van der Waals surface area contributed by atoms with Crippen molar-refractivity contribution in [1.82, 2.24) is 0 Å². The molecule has 2 atom stereocenters. The predicted molar refractivity (Wildman–Crippen MR) is 113 cm³/mol. The lowest BCUT2D eigenvalue weighted by molar-refractivity contribution is -0.117. The van der Waals surface area contributed by atoms with Crippen molar-refractivity contribution in [3.63, 3.8) is 0 Å². The molecule has 3 nitrogen and oxygen atoms in total. The van der Waals surface area contributed by atoms with Crippen LogP contribution in [0, 0.1) is 42.9 Å². The van der Waals surface area contributed by atoms with Crippen molar-refractivity contribution in [2.75, 3.05) is 23.3 Å². The highest BCUT2D eigenvalue weighted by atomic mass is 16.1. The summed E-state index contributed by atoms with van der Waals surface area (Å²) in [6, 6.07) is 4.58. The van der Waals surface area contributed by atoms with Crippen molar-refractivity contribution >= 4 is 17.3 Å². The molecular weight excluding hydrogens is 332 g/mol. The van der Waals surface area contributed by atoms with E-state index in [0.29, 0.717) is 6.42 Å². The van der Waals surface area contributed by atoms with Crippen LogP contribution in [0.1, 0.15) is 64.0 Å². The number of amides is 1. The van der Waals surface area contributed by atoms with E-state index in [0.717, 1.165) is 29.4 Å². The summed E-state index contributed by atoms with van der Waals surface area (Å²) in [5.41, 5.74) is 4.74. The number of hydrogen-bond donors (Lipinski definition) is 1. The largest absolute Gasteiger partial charge is 0.371 e. The third kappa shape index (κ3) is 3.75. The van der Waals surface area contributed by atoms with Crippen molar-refractivity contribution in [2.45, 2.75) is 66.7 Å². The SMILES string of the molecule is Cc1cc(N2CC3C4CCC(CC4)C3C2)cc(C)c1NC(=O)CC(C)(C)C. The molecule has 0 spiro atoms. The van der Waals surface area contributed by atoms with Gasteiger partial charge in [-0.25, -0.2) is 0 Å². The quantitative estimate of drug-likeness (QED) is 0.758. The average Bonchev–Trinajstić information content (AvgIpc) is 3.05. The minimum Gasteiger partial charge on any atom is -0.371 e. The fraction of sp³-hybridized carbons (Fsp3) is 0.708. The molecule has 3 saturated carbocycles. The number of carbonyl (C=O) groups excluding carboxylic acids is 1. The van der Waals surface area contributed by atoms with Gasteiger partial charge in [-0.1, -0.05) is 20.8 Å². The van der Waals surface area contributed by atoms with Gasteiger partial charge in [0, 0.05) is 30.9 Å². The molecule has 4 fully saturated rings. The summed E-state index contributed by atoms with van der Waals surface area (Å²) in [6.45, 7) is 13.1. The lowest BCUT2D eigenvalue weighted by Crippen LogP contribution is -2.38. The molecule has 5 rings (SSSR count). The molecule has 1 heterocycles. The number of nitrogens with one attached hydrogen (secondary N) is 1. The summed E-state index contributed by atoms with van der Waals surface area (Å²) in [7, 11) is 0. The van der Waals surface area contributed by atoms with Gasteiger partial charge in [-0.2, -0.15) is 0 Å². The summed E-state index contributed by atoms with van der Waals surface area (Å²) in [4.78, 5) is 15.0. The van der Waals surface area contributed by atoms with Gasteiger partial charge >= 0.3 is 0 Å². The molecule has 1 amide bonds. The van der Waals surface area contributed by atoms with Crippen molar-refractivity contribution in [3.05, 3.63) is 23.3 Å². The van der Waals surface area contributed by atoms with Gasteiger partial charge in [0.15, 0.2) is 0 Å². The van der Waals surface area contributed by atoms with Crippen molar-refractivity contribution in [3.8, 4) is 0 Å². The molecule has 1 N–H and O–H groups in total. The molecule has 27 heavy (non-hydrogen) atoms. The molecule has 0 aromatic heterocycles. The van der Waals surface area contributed by atoms with E-state index in [1.54, 1.807) is 0 Å². The van der Waals surface area contributed by atoms with Crippen molar-refractivity contribution in [2.24, 2.45) is 29.1 Å². The first-order valence-corrected chi connectivity index (χ1v) is 10.9. The molecular formula is C24H36N2O. The van der Waals surface area contributed by atoms with Gasteiger partial charge < -0.3 is 10.2 Å². The zero-order valence-corrected chi connectivity index (χ0v) is 17.8. The molecule has 3 heteroatoms. The normalized spacial score (nSPS) is 29.7. The van der Waals surface area contributed by atoms with Crippen LogP contribution in [0.4, 0.5) is 11.4 Å². The molecule has 1 saturated heterocycles. The monoisotopic (exact) mass is 368 g/mol. The standard InChI is InChI=1S/C24H36N2O/c1-15-10-19(11-16(2)23(15)25-22(27)12-24(3,4)5)26-13-20-17-6-7-18(9-8-17)21(20)14-26/h10-11,17-18,20-21H,6-9,12-14H2,1-5H3,(H,25,27). The molecule has 3 aliphatic carbocycles. The van der Waals surface area contributed by atoms with Crippen LogP contribution >= 0.6 is 0 Å². The maximum absolute atomic E-state index is 12.4. The first-order valence-electron chi connectivity index (χ1n) is 10.9. The third-order valence-corrected chi connectivity index (χ3v) is 7.28. The predicted octanol–water partition coefficient (Wildman–Crippen LogP) is 5.55. The van der Waals surface area contributed by atoms with E-state index in [2.05, 4.69) is 57.0 Å². The second-order valence-electron chi connectivity index (χ2n) is 10.6. The van der Waals surface area contributed by atoms with E-state index in [1.807, 2.05) is 0 Å². The maximum Gasteiger partial charge on any atom is 0.224 e. The summed E-state index contributed by atoms with van der Waals surface area (Å²) in [6.07, 6.45) is 6.42. The van der Waals surface area contributed by atoms with Gasteiger partial charge in [-0.3, -0.25) is 4.79 Å². The number of fused-ring (bicyclic) bond motifs is 2. The van der Waals surface area contributed by atoms with Gasteiger partial charge in [0.1, 0.15) is 0 Å². The lowest BCUT2D eigenvalue weighted by Gasteiger charge is -2.44. The summed E-state index contributed by atoms with van der Waals surface area (Å²) < 4.78 is 0. The van der Waals surface area contributed by atoms with E-state index in [-0.39, 0.29) is 11.3 Å². The highest BCUT2D eigenvalue weighted by Crippen LogP contribution is 2.52. The summed E-state index contributed by atoms with van der Waals surface area (Å²) in [5, 5.41) is 3.17. The second-order valence-corrected chi connectivity index (χ2v) is 10.6. The van der Waals surface area contributed by atoms with Crippen LogP contribution in [0.3, 0.4) is 0 Å². The number of carbonyl (C=O) groups is 1. The molecule has 148 valence electrons. The van der Waals surface area contributed by atoms with Crippen LogP contribution < -0.4 is 10.2 Å². The summed E-state index contributed by atoms with van der Waals surface area (Å²) in [5.74, 6) is 3.91. The number of aryl methyl sites for hydroxylation is 2. The Balaban J connectivity index is 1.50. The first kappa shape index (κ1) is 18.8. The Labute approximate surface area is 164 Å². The highest BCUT2D eigenvalue weighted by Gasteiger charge is 2.48. The highest BCUT2D eigenvalue weighted by molar-refractivity contribution is 5.93. The van der Waals surface area contributed by atoms with Gasteiger partial charge in [0.2, 0.25) is 5.91 Å². The molecule has 1 aromatic carbocycles. The van der Waals surface area contributed by atoms with E-state index in [4.69, 9.17) is 0 Å². The zero-order chi connectivity index (χ0) is 19.3. The van der Waals surface area contributed by atoms with E-state index in [1.165, 1.54) is 55.6 Å². The smallest absolute Gasteiger partial charge is 0.224 e. The minimum absolute atomic E-state index is 0.0109. The van der Waals surface area contributed by atoms with Crippen LogP contribution in [-0.4, -0.2) is 19.0 Å². The Morgan fingerprint density at radius 2 is 1.48 bits per heavy atom. The Hall–Kier alpha value is -1.51. The third-order valence-electron chi connectivity index (χ3n) is 7.28. The second kappa shape index (κ2) is 6.83. The van der Waals surface area contributed by atoms with E-state index < -0.39 is 0 Å². The summed E-state index contributed by atoms with van der Waals surface area (Å²) >= 11 is 0. The minimum atomic E-state index is 0.0109. The number of hydrogen-bond acceptors (Lipinski definition) is 2.